The minimum Gasteiger partial charge on any atom is -0.464 e. The maximum Gasteiger partial charge on any atom is 0.411 e. The zero-order valence-corrected chi connectivity index (χ0v) is 12.5. The molecule has 2 fully saturated rings. The standard InChI is InChI=1S/C14H23NO5/c1-5-18-12(16)10-8-11-9(6-7-19-11)15(10)13(17)20-14(2,3)4/h9-11H,5-8H2,1-4H3/t9-,10?,11?/m1/s1. The highest BCUT2D eigenvalue weighted by molar-refractivity contribution is 5.82. The first-order chi connectivity index (χ1) is 9.33. The van der Waals surface area contributed by atoms with Crippen LogP contribution in [0.5, 0.6) is 0 Å². The third-order valence-electron chi connectivity index (χ3n) is 3.49. The second kappa shape index (κ2) is 5.60. The van der Waals surface area contributed by atoms with Gasteiger partial charge < -0.3 is 14.2 Å². The number of fused-ring (bicyclic) bond motifs is 1. The maximum absolute atomic E-state index is 12.4. The van der Waals surface area contributed by atoms with E-state index in [9.17, 15) is 9.59 Å². The van der Waals surface area contributed by atoms with Gasteiger partial charge in [0.05, 0.1) is 18.8 Å². The van der Waals surface area contributed by atoms with Crippen molar-refractivity contribution in [1.82, 2.24) is 4.90 Å². The number of rotatable bonds is 2. The maximum atomic E-state index is 12.4. The van der Waals surface area contributed by atoms with Crippen molar-refractivity contribution >= 4 is 12.1 Å². The van der Waals surface area contributed by atoms with Crippen LogP contribution in [-0.4, -0.2) is 54.0 Å². The lowest BCUT2D eigenvalue weighted by atomic mass is 10.1. The van der Waals surface area contributed by atoms with Gasteiger partial charge in [0.1, 0.15) is 11.6 Å². The molecule has 2 saturated heterocycles. The van der Waals surface area contributed by atoms with E-state index >= 15 is 0 Å². The quantitative estimate of drug-likeness (QED) is 0.723. The smallest absolute Gasteiger partial charge is 0.411 e. The molecule has 2 aliphatic heterocycles. The normalized spacial score (nSPS) is 29.2. The molecule has 2 unspecified atom stereocenters. The van der Waals surface area contributed by atoms with Gasteiger partial charge in [0.15, 0.2) is 0 Å². The van der Waals surface area contributed by atoms with E-state index in [0.717, 1.165) is 6.42 Å². The second-order valence-corrected chi connectivity index (χ2v) is 6.16. The van der Waals surface area contributed by atoms with Crippen molar-refractivity contribution in [3.63, 3.8) is 0 Å². The Labute approximate surface area is 119 Å². The van der Waals surface area contributed by atoms with Crippen LogP contribution in [0.1, 0.15) is 40.5 Å². The Kier molecular flexibility index (Phi) is 4.22. The number of carbonyl (C=O) groups is 2. The number of nitrogens with zero attached hydrogens (tertiary/aromatic N) is 1. The zero-order chi connectivity index (χ0) is 14.9. The van der Waals surface area contributed by atoms with Gasteiger partial charge in [-0.15, -0.1) is 0 Å². The molecule has 1 amide bonds. The average molecular weight is 285 g/mol. The van der Waals surface area contributed by atoms with Crippen LogP contribution >= 0.6 is 0 Å². The van der Waals surface area contributed by atoms with Crippen LogP contribution in [0.2, 0.25) is 0 Å². The van der Waals surface area contributed by atoms with E-state index in [1.165, 1.54) is 4.90 Å². The molecule has 0 spiro atoms. The van der Waals surface area contributed by atoms with E-state index < -0.39 is 17.7 Å². The Balaban J connectivity index is 2.15. The summed E-state index contributed by atoms with van der Waals surface area (Å²) in [6.07, 6.45) is 0.674. The van der Waals surface area contributed by atoms with Crippen molar-refractivity contribution in [3.8, 4) is 0 Å². The van der Waals surface area contributed by atoms with E-state index in [-0.39, 0.29) is 18.1 Å². The Morgan fingerprint density at radius 2 is 2.05 bits per heavy atom. The Bertz CT molecular complexity index is 390. The lowest BCUT2D eigenvalue weighted by Crippen LogP contribution is -2.48. The van der Waals surface area contributed by atoms with Gasteiger partial charge in [-0.2, -0.15) is 0 Å². The van der Waals surface area contributed by atoms with Crippen LogP contribution < -0.4 is 0 Å². The molecular formula is C14H23NO5. The van der Waals surface area contributed by atoms with Crippen LogP contribution in [0, 0.1) is 0 Å². The first-order valence-electron chi connectivity index (χ1n) is 7.13. The molecule has 3 atom stereocenters. The largest absolute Gasteiger partial charge is 0.464 e. The molecule has 2 aliphatic rings. The fraction of sp³-hybridized carbons (Fsp3) is 0.857. The minimum atomic E-state index is -0.597. The van der Waals surface area contributed by atoms with Crippen LogP contribution in [0.15, 0.2) is 0 Å². The fourth-order valence-electron chi connectivity index (χ4n) is 2.77. The summed E-state index contributed by atoms with van der Waals surface area (Å²) in [5, 5.41) is 0. The summed E-state index contributed by atoms with van der Waals surface area (Å²) in [4.78, 5) is 25.9. The molecule has 2 rings (SSSR count). The van der Waals surface area contributed by atoms with Crippen molar-refractivity contribution < 1.29 is 23.8 Å². The van der Waals surface area contributed by atoms with Crippen LogP contribution in [-0.2, 0) is 19.0 Å². The van der Waals surface area contributed by atoms with Crippen molar-refractivity contribution in [2.45, 2.75) is 64.3 Å². The summed E-state index contributed by atoms with van der Waals surface area (Å²) in [7, 11) is 0. The van der Waals surface area contributed by atoms with Gasteiger partial charge in [0, 0.05) is 13.0 Å². The van der Waals surface area contributed by atoms with E-state index in [2.05, 4.69) is 0 Å². The molecular weight excluding hydrogens is 262 g/mol. The molecule has 6 nitrogen and oxygen atoms in total. The molecule has 0 aromatic rings. The van der Waals surface area contributed by atoms with Crippen molar-refractivity contribution in [2.24, 2.45) is 0 Å². The third kappa shape index (κ3) is 3.06. The molecule has 0 N–H and O–H groups in total. The number of carbonyl (C=O) groups excluding carboxylic acids is 2. The Morgan fingerprint density at radius 1 is 1.35 bits per heavy atom. The molecule has 0 aliphatic carbocycles. The summed E-state index contributed by atoms with van der Waals surface area (Å²) in [6.45, 7) is 8.09. The summed E-state index contributed by atoms with van der Waals surface area (Å²) < 4.78 is 16.1. The topological polar surface area (TPSA) is 65.1 Å². The SMILES string of the molecule is CCOC(=O)C1CC2OCC[C@H]2N1C(=O)OC(C)(C)C. The molecule has 0 bridgehead atoms. The molecule has 0 saturated carbocycles. The highest BCUT2D eigenvalue weighted by atomic mass is 16.6. The van der Waals surface area contributed by atoms with Gasteiger partial charge in [-0.25, -0.2) is 9.59 Å². The number of ether oxygens (including phenoxy) is 3. The number of esters is 1. The molecule has 0 aromatic carbocycles. The lowest BCUT2D eigenvalue weighted by molar-refractivity contribution is -0.148. The zero-order valence-electron chi connectivity index (χ0n) is 12.5. The predicted octanol–water partition coefficient (Wildman–Crippen LogP) is 1.72. The van der Waals surface area contributed by atoms with Crippen LogP contribution in [0.3, 0.4) is 0 Å². The van der Waals surface area contributed by atoms with E-state index in [0.29, 0.717) is 19.6 Å². The summed E-state index contributed by atoms with van der Waals surface area (Å²) in [6, 6.07) is -0.681. The summed E-state index contributed by atoms with van der Waals surface area (Å²) in [5.41, 5.74) is -0.589. The lowest BCUT2D eigenvalue weighted by Gasteiger charge is -2.30. The minimum absolute atomic E-state index is 0.0840. The van der Waals surface area contributed by atoms with Crippen LogP contribution in [0.4, 0.5) is 4.79 Å². The molecule has 6 heteroatoms. The van der Waals surface area contributed by atoms with Gasteiger partial charge in [-0.1, -0.05) is 0 Å². The highest BCUT2D eigenvalue weighted by Gasteiger charge is 2.51. The molecule has 0 radical (unpaired) electrons. The van der Waals surface area contributed by atoms with Gasteiger partial charge in [0.2, 0.25) is 0 Å². The van der Waals surface area contributed by atoms with Crippen molar-refractivity contribution in [1.29, 1.82) is 0 Å². The summed E-state index contributed by atoms with van der Waals surface area (Å²) in [5.74, 6) is -0.378. The van der Waals surface area contributed by atoms with Crippen LogP contribution in [0.25, 0.3) is 0 Å². The monoisotopic (exact) mass is 285 g/mol. The Morgan fingerprint density at radius 3 is 2.65 bits per heavy atom. The van der Waals surface area contributed by atoms with Gasteiger partial charge in [-0.3, -0.25) is 4.90 Å². The summed E-state index contributed by atoms with van der Waals surface area (Å²) >= 11 is 0. The first kappa shape index (κ1) is 15.1. The fourth-order valence-corrected chi connectivity index (χ4v) is 2.77. The predicted molar refractivity (Wildman–Crippen MR) is 71.3 cm³/mol. The average Bonchev–Trinajstić information content (AvgIpc) is 2.84. The molecule has 0 aromatic heterocycles. The number of likely N-dealkylation sites (tertiary alicyclic amines) is 1. The molecule has 2 heterocycles. The van der Waals surface area contributed by atoms with Gasteiger partial charge in [-0.05, 0) is 34.1 Å². The highest BCUT2D eigenvalue weighted by Crippen LogP contribution is 2.35. The third-order valence-corrected chi connectivity index (χ3v) is 3.49. The van der Waals surface area contributed by atoms with Crippen molar-refractivity contribution in [3.05, 3.63) is 0 Å². The second-order valence-electron chi connectivity index (χ2n) is 6.16. The number of hydrogen-bond donors (Lipinski definition) is 0. The molecule has 20 heavy (non-hydrogen) atoms. The van der Waals surface area contributed by atoms with Gasteiger partial charge in [0.25, 0.3) is 0 Å². The number of hydrogen-bond acceptors (Lipinski definition) is 5. The van der Waals surface area contributed by atoms with E-state index in [4.69, 9.17) is 14.2 Å². The molecule has 114 valence electrons. The van der Waals surface area contributed by atoms with Gasteiger partial charge >= 0.3 is 12.1 Å². The van der Waals surface area contributed by atoms with E-state index in [1.807, 2.05) is 20.8 Å². The first-order valence-corrected chi connectivity index (χ1v) is 7.13. The van der Waals surface area contributed by atoms with E-state index in [1.54, 1.807) is 6.92 Å². The number of amides is 1. The Hall–Kier alpha value is -1.30. The van der Waals surface area contributed by atoms with Crippen molar-refractivity contribution in [2.75, 3.05) is 13.2 Å².